The van der Waals surface area contributed by atoms with E-state index in [0.29, 0.717) is 45.2 Å². The molecule has 3 aromatic heterocycles. The van der Waals surface area contributed by atoms with Crippen molar-refractivity contribution in [2.45, 2.75) is 0 Å². The van der Waals surface area contributed by atoms with Crippen molar-refractivity contribution in [3.8, 4) is 45.6 Å². The number of nitrogens with two attached hydrogens (primary N) is 4. The molecule has 7 aromatic rings. The number of aromatic nitrogens is 8. The molecule has 2 aliphatic rings. The van der Waals surface area contributed by atoms with Gasteiger partial charge < -0.3 is 32.9 Å². The minimum Gasteiger partial charge on any atom is -0.366 e. The van der Waals surface area contributed by atoms with E-state index in [2.05, 4.69) is 9.97 Å². The van der Waals surface area contributed by atoms with Gasteiger partial charge in [0.1, 0.15) is 22.6 Å². The monoisotopic (exact) mass is 749 g/mol. The fraction of sp³-hybridized carbons (Fsp3) is 0. The number of nitrogens with one attached hydrogen (secondary N) is 2. The van der Waals surface area contributed by atoms with Crippen LogP contribution in [0.3, 0.4) is 0 Å². The summed E-state index contributed by atoms with van der Waals surface area (Å²) in [6.07, 6.45) is 0. The van der Waals surface area contributed by atoms with E-state index >= 15 is 0 Å². The van der Waals surface area contributed by atoms with Gasteiger partial charge in [-0.25, -0.2) is 29.9 Å². The van der Waals surface area contributed by atoms with Crippen LogP contribution in [0.1, 0.15) is 41.4 Å². The fourth-order valence-electron chi connectivity index (χ4n) is 6.89. The first-order valence-corrected chi connectivity index (χ1v) is 15.6. The van der Waals surface area contributed by atoms with Crippen molar-refractivity contribution in [3.63, 3.8) is 0 Å². The summed E-state index contributed by atoms with van der Waals surface area (Å²) >= 11 is 0. The predicted octanol–water partition coefficient (Wildman–Crippen LogP) is 3.26. The molecule has 0 fully saturated rings. The second-order valence-corrected chi connectivity index (χ2v) is 12.0. The number of fused-ring (bicyclic) bond motifs is 20. The number of amides is 4. The number of carbonyl (C=O) groups is 4. The average Bonchev–Trinajstić information content (AvgIpc) is 3.86. The third-order valence-corrected chi connectivity index (χ3v) is 8.98. The Morgan fingerprint density at radius 1 is 0.396 bits per heavy atom. The standard InChI is InChI=1S/C36H22N12O4.Cu/c37-25(49)19-20(26(38)50)22(28(40)52)24-23(21(19)27(39)51)35-46-33-17-11-5-3-9-15(17)31(44-33)42-29-13-7-1-2-8-14(13)30(41-29)43-32-16-10-4-6-12-18(16)34(45-32)47-36(24)48-35;/h1-12H,(H2,37,49)(H2,38,50)(H2,39,51)(H2,40,52)(H2,41,42,43,44,45,46,47,48);. The molecule has 8 bridgehead atoms. The van der Waals surface area contributed by atoms with Gasteiger partial charge in [0.05, 0.1) is 22.3 Å². The fourth-order valence-corrected chi connectivity index (χ4v) is 6.89. The van der Waals surface area contributed by atoms with E-state index in [4.69, 9.17) is 52.8 Å². The molecule has 0 saturated carbocycles. The van der Waals surface area contributed by atoms with E-state index in [1.165, 1.54) is 0 Å². The summed E-state index contributed by atoms with van der Waals surface area (Å²) in [6, 6.07) is 22.0. The molecule has 261 valence electrons. The van der Waals surface area contributed by atoms with Crippen LogP contribution in [-0.4, -0.2) is 63.5 Å². The molecule has 0 saturated heterocycles. The molecule has 4 amide bonds. The summed E-state index contributed by atoms with van der Waals surface area (Å²) in [5, 5.41) is 1.22. The molecule has 53 heavy (non-hydrogen) atoms. The van der Waals surface area contributed by atoms with Crippen LogP contribution in [0.2, 0.25) is 0 Å². The Morgan fingerprint density at radius 2 is 0.679 bits per heavy atom. The molecule has 0 aliphatic carbocycles. The normalized spacial score (nSPS) is 11.5. The molecule has 0 unspecified atom stereocenters. The zero-order valence-corrected chi connectivity index (χ0v) is 27.8. The maximum atomic E-state index is 13.3. The van der Waals surface area contributed by atoms with E-state index < -0.39 is 45.9 Å². The number of aromatic amines is 2. The van der Waals surface area contributed by atoms with Gasteiger partial charge in [-0.1, -0.05) is 72.8 Å². The molecular formula is C36H22CuN12O4. The van der Waals surface area contributed by atoms with Gasteiger partial charge in [-0.2, -0.15) is 0 Å². The minimum absolute atomic E-state index is 0. The molecule has 5 heterocycles. The number of carbonyl (C=O) groups excluding carboxylic acids is 4. The number of H-pyrrole nitrogens is 2. The van der Waals surface area contributed by atoms with Crippen LogP contribution in [0.5, 0.6) is 0 Å². The molecule has 4 aromatic carbocycles. The third kappa shape index (κ3) is 4.83. The number of rotatable bonds is 4. The zero-order valence-electron chi connectivity index (χ0n) is 26.9. The van der Waals surface area contributed by atoms with Crippen LogP contribution in [0.4, 0.5) is 0 Å². The van der Waals surface area contributed by atoms with Gasteiger partial charge in [-0.05, 0) is 0 Å². The summed E-state index contributed by atoms with van der Waals surface area (Å²) < 4.78 is 0. The SMILES string of the molecule is NC(=O)c1c(C(N)=O)c(C(N)=O)c2c3nc4nc(nc5[nH]c(nc6nc(nc([nH]3)c2c1C(N)=O)-c1ccccc1-6)c1ccccc51)-c1ccccc1-4.[Cu]. The molecule has 2 aliphatic heterocycles. The Kier molecular flexibility index (Phi) is 7.35. The van der Waals surface area contributed by atoms with Crippen molar-refractivity contribution in [2.75, 3.05) is 0 Å². The van der Waals surface area contributed by atoms with Crippen molar-refractivity contribution in [2.24, 2.45) is 22.9 Å². The summed E-state index contributed by atoms with van der Waals surface area (Å²) in [5.41, 5.74) is 23.9. The Labute approximate surface area is 306 Å². The van der Waals surface area contributed by atoms with E-state index in [1.807, 2.05) is 48.5 Å². The van der Waals surface area contributed by atoms with Crippen LogP contribution < -0.4 is 22.9 Å². The van der Waals surface area contributed by atoms with E-state index in [-0.39, 0.29) is 50.8 Å². The summed E-state index contributed by atoms with van der Waals surface area (Å²) in [4.78, 5) is 87.8. The second-order valence-electron chi connectivity index (χ2n) is 12.0. The molecule has 17 heteroatoms. The van der Waals surface area contributed by atoms with Crippen molar-refractivity contribution in [1.82, 2.24) is 39.9 Å². The first kappa shape index (κ1) is 32.8. The Balaban J connectivity index is 0.00000400. The van der Waals surface area contributed by atoms with Gasteiger partial charge in [0.25, 0.3) is 0 Å². The maximum absolute atomic E-state index is 13.3. The smallest absolute Gasteiger partial charge is 0.250 e. The molecule has 9 rings (SSSR count). The first-order chi connectivity index (χ1) is 25.1. The Hall–Kier alpha value is -7.36. The molecular weight excluding hydrogens is 728 g/mol. The zero-order chi connectivity index (χ0) is 36.0. The van der Waals surface area contributed by atoms with Crippen molar-refractivity contribution in [1.29, 1.82) is 0 Å². The number of hydrogen-bond donors (Lipinski definition) is 6. The van der Waals surface area contributed by atoms with Gasteiger partial charge in [0, 0.05) is 60.9 Å². The van der Waals surface area contributed by atoms with Gasteiger partial charge in [0.2, 0.25) is 23.6 Å². The Morgan fingerprint density at radius 3 is 1.00 bits per heavy atom. The number of primary amides is 4. The summed E-state index contributed by atoms with van der Waals surface area (Å²) in [6.45, 7) is 0. The molecule has 16 nitrogen and oxygen atoms in total. The van der Waals surface area contributed by atoms with E-state index in [1.54, 1.807) is 24.3 Å². The average molecular weight is 750 g/mol. The predicted molar refractivity (Wildman–Crippen MR) is 190 cm³/mol. The molecule has 10 N–H and O–H groups in total. The second kappa shape index (κ2) is 11.9. The van der Waals surface area contributed by atoms with Crippen LogP contribution in [-0.2, 0) is 17.1 Å². The molecule has 1 radical (unpaired) electrons. The third-order valence-electron chi connectivity index (χ3n) is 8.98. The van der Waals surface area contributed by atoms with Crippen molar-refractivity contribution < 1.29 is 36.2 Å². The number of benzene rings is 4. The van der Waals surface area contributed by atoms with Crippen LogP contribution >= 0.6 is 0 Å². The van der Waals surface area contributed by atoms with Crippen LogP contribution in [0.25, 0.3) is 89.7 Å². The quantitative estimate of drug-likeness (QED) is 0.143. The van der Waals surface area contributed by atoms with Gasteiger partial charge in [0.15, 0.2) is 23.3 Å². The van der Waals surface area contributed by atoms with E-state index in [0.717, 1.165) is 10.8 Å². The van der Waals surface area contributed by atoms with Gasteiger partial charge >= 0.3 is 0 Å². The van der Waals surface area contributed by atoms with Gasteiger partial charge in [-0.15, -0.1) is 0 Å². The minimum atomic E-state index is -1.26. The summed E-state index contributed by atoms with van der Waals surface area (Å²) in [5.74, 6) is -3.97. The maximum Gasteiger partial charge on any atom is 0.250 e. The van der Waals surface area contributed by atoms with Crippen molar-refractivity contribution >= 4 is 67.8 Å². The summed E-state index contributed by atoms with van der Waals surface area (Å²) in [7, 11) is 0. The Bertz CT molecular complexity index is 2810. The van der Waals surface area contributed by atoms with Crippen LogP contribution in [0.15, 0.2) is 72.8 Å². The first-order valence-electron chi connectivity index (χ1n) is 15.6. The number of hydrogen-bond acceptors (Lipinski definition) is 10. The van der Waals surface area contributed by atoms with Gasteiger partial charge in [-0.3, -0.25) is 19.2 Å². The molecule has 0 atom stereocenters. The van der Waals surface area contributed by atoms with Crippen LogP contribution in [0, 0.1) is 0 Å². The number of nitrogens with zero attached hydrogens (tertiary/aromatic N) is 6. The van der Waals surface area contributed by atoms with Crippen molar-refractivity contribution in [3.05, 3.63) is 95.1 Å². The van der Waals surface area contributed by atoms with E-state index in [9.17, 15) is 19.2 Å². The topological polar surface area (TPSA) is 281 Å². The largest absolute Gasteiger partial charge is 0.366 e. The molecule has 0 spiro atoms.